The zero-order valence-electron chi connectivity index (χ0n) is 16.3. The monoisotopic (exact) mass is 398 g/mol. The number of pyridine rings is 1. The fraction of sp³-hybridized carbons (Fsp3) is 0.476. The molecule has 2 heterocycles. The van der Waals surface area contributed by atoms with Gasteiger partial charge in [0.25, 0.3) is 0 Å². The van der Waals surface area contributed by atoms with E-state index in [1.165, 1.54) is 0 Å². The van der Waals surface area contributed by atoms with Crippen LogP contribution in [0.5, 0.6) is 0 Å². The minimum atomic E-state index is -0.518. The van der Waals surface area contributed by atoms with Crippen LogP contribution in [0.3, 0.4) is 0 Å². The highest BCUT2D eigenvalue weighted by molar-refractivity contribution is 6.31. The van der Waals surface area contributed by atoms with E-state index in [9.17, 15) is 10.1 Å². The van der Waals surface area contributed by atoms with Gasteiger partial charge in [-0.2, -0.15) is 5.26 Å². The quantitative estimate of drug-likeness (QED) is 0.714. The van der Waals surface area contributed by atoms with E-state index >= 15 is 0 Å². The number of carbonyl (C=O) groups is 1. The summed E-state index contributed by atoms with van der Waals surface area (Å²) >= 11 is 6.22. The number of benzene rings is 1. The molecule has 1 aliphatic carbocycles. The lowest BCUT2D eigenvalue weighted by Crippen LogP contribution is -2.58. The molecule has 0 radical (unpaired) electrons. The number of nitrogens with zero attached hydrogens (tertiary/aromatic N) is 4. The average molecular weight is 399 g/mol. The molecule has 0 N–H and O–H groups in total. The molecule has 2 aromatic rings. The first-order valence-electron chi connectivity index (χ1n) is 9.46. The summed E-state index contributed by atoms with van der Waals surface area (Å²) in [7, 11) is 0. The van der Waals surface area contributed by atoms with E-state index in [1.807, 2.05) is 37.8 Å². The van der Waals surface area contributed by atoms with E-state index in [4.69, 9.17) is 16.3 Å². The third-order valence-corrected chi connectivity index (χ3v) is 5.57. The third kappa shape index (κ3) is 3.35. The summed E-state index contributed by atoms with van der Waals surface area (Å²) < 4.78 is 5.61. The Hall–Kier alpha value is -2.52. The van der Waals surface area contributed by atoms with Gasteiger partial charge in [-0.25, -0.2) is 4.79 Å². The summed E-state index contributed by atoms with van der Waals surface area (Å²) in [6.45, 7) is 7.50. The summed E-state index contributed by atoms with van der Waals surface area (Å²) in [5, 5.41) is 11.1. The van der Waals surface area contributed by atoms with Crippen LogP contribution in [-0.2, 0) is 4.74 Å². The minimum absolute atomic E-state index is 0.221. The molecule has 1 spiro atoms. The normalized spacial score (nSPS) is 18.2. The Labute approximate surface area is 169 Å². The largest absolute Gasteiger partial charge is 0.444 e. The fourth-order valence-electron chi connectivity index (χ4n) is 3.92. The summed E-state index contributed by atoms with van der Waals surface area (Å²) in [6, 6.07) is 7.79. The Morgan fingerprint density at radius 2 is 2.07 bits per heavy atom. The standard InChI is InChI=1S/C21H23ClN4O2/c1-20(2,3)28-19(27)26-9-8-25(13-21(26)6-7-21)18-14(11-23)12-24-17-5-4-15(22)10-16(17)18/h4-5,10,12H,6-9,13H2,1-3H3. The van der Waals surface area contributed by atoms with E-state index in [0.29, 0.717) is 30.2 Å². The number of hydrogen-bond acceptors (Lipinski definition) is 5. The maximum absolute atomic E-state index is 12.7. The van der Waals surface area contributed by atoms with Crippen molar-refractivity contribution >= 4 is 34.3 Å². The summed E-state index contributed by atoms with van der Waals surface area (Å²) in [5.41, 5.74) is 1.44. The van der Waals surface area contributed by atoms with Gasteiger partial charge in [-0.3, -0.25) is 9.88 Å². The van der Waals surface area contributed by atoms with Gasteiger partial charge in [-0.15, -0.1) is 0 Å². The Morgan fingerprint density at radius 3 is 2.71 bits per heavy atom. The van der Waals surface area contributed by atoms with Gasteiger partial charge < -0.3 is 9.64 Å². The van der Waals surface area contributed by atoms with Crippen molar-refractivity contribution in [3.8, 4) is 6.07 Å². The van der Waals surface area contributed by atoms with Crippen molar-refractivity contribution < 1.29 is 9.53 Å². The molecule has 28 heavy (non-hydrogen) atoms. The second kappa shape index (κ2) is 6.52. The van der Waals surface area contributed by atoms with E-state index < -0.39 is 5.60 Å². The van der Waals surface area contributed by atoms with Crippen molar-refractivity contribution in [2.75, 3.05) is 24.5 Å². The smallest absolute Gasteiger partial charge is 0.410 e. The van der Waals surface area contributed by atoms with Crippen LogP contribution >= 0.6 is 11.6 Å². The average Bonchev–Trinajstić information content (AvgIpc) is 3.38. The summed E-state index contributed by atoms with van der Waals surface area (Å²) in [4.78, 5) is 21.2. The highest BCUT2D eigenvalue weighted by Crippen LogP contribution is 2.46. The van der Waals surface area contributed by atoms with Crippen molar-refractivity contribution in [2.45, 2.75) is 44.8 Å². The highest BCUT2D eigenvalue weighted by Gasteiger charge is 2.54. The van der Waals surface area contributed by atoms with Crippen LogP contribution in [0.15, 0.2) is 24.4 Å². The van der Waals surface area contributed by atoms with Crippen molar-refractivity contribution in [3.63, 3.8) is 0 Å². The number of nitriles is 1. The van der Waals surface area contributed by atoms with Crippen LogP contribution in [0, 0.1) is 11.3 Å². The molecule has 1 aromatic carbocycles. The lowest BCUT2D eigenvalue weighted by atomic mass is 10.0. The number of ether oxygens (including phenoxy) is 1. The van der Waals surface area contributed by atoms with E-state index in [1.54, 1.807) is 12.3 Å². The fourth-order valence-corrected chi connectivity index (χ4v) is 4.09. The molecule has 0 bridgehead atoms. The molecule has 1 amide bonds. The van der Waals surface area contributed by atoms with Crippen molar-refractivity contribution in [1.82, 2.24) is 9.88 Å². The highest BCUT2D eigenvalue weighted by atomic mass is 35.5. The molecule has 2 fully saturated rings. The van der Waals surface area contributed by atoms with Crippen LogP contribution in [0.4, 0.5) is 10.5 Å². The van der Waals surface area contributed by atoms with Gasteiger partial charge in [0.2, 0.25) is 0 Å². The SMILES string of the molecule is CC(C)(C)OC(=O)N1CCN(c2c(C#N)cnc3ccc(Cl)cc23)CC12CC2. The van der Waals surface area contributed by atoms with E-state index in [-0.39, 0.29) is 11.6 Å². The molecule has 1 aromatic heterocycles. The van der Waals surface area contributed by atoms with Crippen molar-refractivity contribution in [2.24, 2.45) is 0 Å². The van der Waals surface area contributed by atoms with Crippen LogP contribution in [0.1, 0.15) is 39.2 Å². The first-order valence-corrected chi connectivity index (χ1v) is 9.84. The van der Waals surface area contributed by atoms with Gasteiger partial charge in [0.15, 0.2) is 0 Å². The first kappa shape index (κ1) is 18.8. The zero-order chi connectivity index (χ0) is 20.1. The number of piperazine rings is 1. The molecule has 7 heteroatoms. The second-order valence-electron chi connectivity index (χ2n) is 8.57. The number of fused-ring (bicyclic) bond motifs is 1. The lowest BCUT2D eigenvalue weighted by molar-refractivity contribution is 0.0107. The van der Waals surface area contributed by atoms with Crippen LogP contribution in [-0.4, -0.2) is 46.8 Å². The van der Waals surface area contributed by atoms with E-state index in [0.717, 1.165) is 29.4 Å². The number of amides is 1. The molecule has 0 atom stereocenters. The maximum atomic E-state index is 12.7. The van der Waals surface area contributed by atoms with Gasteiger partial charge in [-0.05, 0) is 51.8 Å². The molecule has 1 saturated carbocycles. The third-order valence-electron chi connectivity index (χ3n) is 5.33. The maximum Gasteiger partial charge on any atom is 0.410 e. The predicted octanol–water partition coefficient (Wildman–Crippen LogP) is 4.35. The van der Waals surface area contributed by atoms with Crippen LogP contribution in [0.2, 0.25) is 5.02 Å². The Bertz CT molecular complexity index is 988. The van der Waals surface area contributed by atoms with Gasteiger partial charge >= 0.3 is 6.09 Å². The summed E-state index contributed by atoms with van der Waals surface area (Å²) in [5.74, 6) is 0. The first-order chi connectivity index (χ1) is 13.2. The number of halogens is 1. The summed E-state index contributed by atoms with van der Waals surface area (Å²) in [6.07, 6.45) is 3.24. The Kier molecular flexibility index (Phi) is 4.39. The number of aromatic nitrogens is 1. The number of hydrogen-bond donors (Lipinski definition) is 0. The number of carbonyl (C=O) groups excluding carboxylic acids is 1. The molecule has 2 aliphatic rings. The molecule has 0 unspecified atom stereocenters. The molecule has 6 nitrogen and oxygen atoms in total. The van der Waals surface area contributed by atoms with Gasteiger partial charge in [0, 0.05) is 36.2 Å². The van der Waals surface area contributed by atoms with Crippen molar-refractivity contribution in [3.05, 3.63) is 35.0 Å². The Morgan fingerprint density at radius 1 is 1.32 bits per heavy atom. The van der Waals surface area contributed by atoms with Gasteiger partial charge in [0.05, 0.1) is 22.3 Å². The number of anilines is 1. The van der Waals surface area contributed by atoms with Gasteiger partial charge in [0.1, 0.15) is 11.7 Å². The molecular formula is C21H23ClN4O2. The van der Waals surface area contributed by atoms with Crippen LogP contribution in [0.25, 0.3) is 10.9 Å². The van der Waals surface area contributed by atoms with E-state index in [2.05, 4.69) is 16.0 Å². The van der Waals surface area contributed by atoms with Gasteiger partial charge in [-0.1, -0.05) is 11.6 Å². The zero-order valence-corrected chi connectivity index (χ0v) is 17.1. The molecule has 1 saturated heterocycles. The minimum Gasteiger partial charge on any atom is -0.444 e. The van der Waals surface area contributed by atoms with Crippen molar-refractivity contribution in [1.29, 1.82) is 5.26 Å². The number of rotatable bonds is 1. The predicted molar refractivity (Wildman–Crippen MR) is 109 cm³/mol. The molecular weight excluding hydrogens is 376 g/mol. The van der Waals surface area contributed by atoms with Crippen LogP contribution < -0.4 is 4.90 Å². The second-order valence-corrected chi connectivity index (χ2v) is 9.01. The lowest BCUT2D eigenvalue weighted by Gasteiger charge is -2.43. The molecule has 146 valence electrons. The molecule has 4 rings (SSSR count). The topological polar surface area (TPSA) is 69.5 Å². The Balaban J connectivity index is 1.68. The molecule has 1 aliphatic heterocycles.